The molecule has 106 valence electrons. The maximum absolute atomic E-state index is 12.5. The molecule has 5 heteroatoms. The number of hydrogen-bond acceptors (Lipinski definition) is 3. The summed E-state index contributed by atoms with van der Waals surface area (Å²) in [6.45, 7) is 2.23. The summed E-state index contributed by atoms with van der Waals surface area (Å²) in [7, 11) is 0. The minimum absolute atomic E-state index is 0.00885. The second-order valence-electron chi connectivity index (χ2n) is 4.85. The Morgan fingerprint density at radius 2 is 1.81 bits per heavy atom. The van der Waals surface area contributed by atoms with Crippen molar-refractivity contribution in [3.8, 4) is 0 Å². The number of rotatable bonds is 3. The van der Waals surface area contributed by atoms with E-state index in [9.17, 15) is 9.59 Å². The summed E-state index contributed by atoms with van der Waals surface area (Å²) in [6.07, 6.45) is 0. The van der Waals surface area contributed by atoms with Crippen molar-refractivity contribution in [2.45, 2.75) is 13.5 Å². The van der Waals surface area contributed by atoms with Crippen molar-refractivity contribution in [1.82, 2.24) is 4.90 Å². The highest BCUT2D eigenvalue weighted by Gasteiger charge is 2.38. The van der Waals surface area contributed by atoms with Crippen molar-refractivity contribution >= 4 is 40.3 Å². The predicted octanol–water partition coefficient (Wildman–Crippen LogP) is 3.58. The van der Waals surface area contributed by atoms with Crippen molar-refractivity contribution < 1.29 is 9.59 Å². The molecule has 3 rings (SSSR count). The van der Waals surface area contributed by atoms with Crippen LogP contribution in [0.2, 0.25) is 0 Å². The van der Waals surface area contributed by atoms with Gasteiger partial charge in [0.1, 0.15) is 5.03 Å². The zero-order chi connectivity index (χ0) is 15.0. The van der Waals surface area contributed by atoms with Gasteiger partial charge >= 0.3 is 0 Å². The molecule has 0 aliphatic carbocycles. The van der Waals surface area contributed by atoms with Crippen LogP contribution in [0.15, 0.2) is 46.8 Å². The van der Waals surface area contributed by atoms with E-state index in [2.05, 4.69) is 0 Å². The van der Waals surface area contributed by atoms with Gasteiger partial charge in [-0.15, -0.1) is 11.3 Å². The molecule has 21 heavy (non-hydrogen) atoms. The maximum Gasteiger partial charge on any atom is 0.273 e. The topological polar surface area (TPSA) is 37.4 Å². The van der Waals surface area contributed by atoms with Crippen LogP contribution in [0.3, 0.4) is 0 Å². The average molecular weight is 318 g/mol. The number of benzene rings is 1. The van der Waals surface area contributed by atoms with Crippen molar-refractivity contribution in [2.24, 2.45) is 0 Å². The van der Waals surface area contributed by atoms with E-state index in [1.165, 1.54) is 16.2 Å². The first kappa shape index (κ1) is 14.0. The summed E-state index contributed by atoms with van der Waals surface area (Å²) < 4.78 is 0. The smallest absolute Gasteiger partial charge is 0.269 e. The number of halogens is 1. The van der Waals surface area contributed by atoms with E-state index in [1.807, 2.05) is 42.6 Å². The van der Waals surface area contributed by atoms with Crippen molar-refractivity contribution in [1.29, 1.82) is 0 Å². The largest absolute Gasteiger partial charge is 0.273 e. The molecule has 2 amide bonds. The second kappa shape index (κ2) is 5.47. The summed E-state index contributed by atoms with van der Waals surface area (Å²) in [5.41, 5.74) is 2.34. The molecule has 0 spiro atoms. The monoisotopic (exact) mass is 317 g/mol. The first-order valence-corrected chi connectivity index (χ1v) is 7.69. The van der Waals surface area contributed by atoms with E-state index in [0.29, 0.717) is 5.57 Å². The number of thiophene rings is 1. The Labute approximate surface area is 131 Å². The zero-order valence-electron chi connectivity index (χ0n) is 11.3. The van der Waals surface area contributed by atoms with E-state index in [1.54, 1.807) is 6.07 Å². The SMILES string of the molecule is Cc1ccc(CN2C(=O)C(Cl)=C(c3cccs3)C2=O)cc1. The summed E-state index contributed by atoms with van der Waals surface area (Å²) in [5, 5.41) is 1.86. The fraction of sp³-hybridized carbons (Fsp3) is 0.125. The zero-order valence-corrected chi connectivity index (χ0v) is 12.9. The molecule has 1 aliphatic rings. The van der Waals surface area contributed by atoms with Crippen molar-refractivity contribution in [3.05, 3.63) is 62.8 Å². The van der Waals surface area contributed by atoms with E-state index in [-0.39, 0.29) is 17.5 Å². The van der Waals surface area contributed by atoms with Gasteiger partial charge in [0.15, 0.2) is 0 Å². The Morgan fingerprint density at radius 1 is 1.10 bits per heavy atom. The normalized spacial score (nSPS) is 15.2. The van der Waals surface area contributed by atoms with E-state index in [0.717, 1.165) is 16.0 Å². The van der Waals surface area contributed by atoms with Gasteiger partial charge in [-0.25, -0.2) is 0 Å². The molecule has 0 saturated carbocycles. The molecule has 0 fully saturated rings. The first-order valence-electron chi connectivity index (χ1n) is 6.43. The van der Waals surface area contributed by atoms with Crippen LogP contribution in [-0.2, 0) is 16.1 Å². The highest BCUT2D eigenvalue weighted by molar-refractivity contribution is 7.11. The van der Waals surface area contributed by atoms with Crippen molar-refractivity contribution in [2.75, 3.05) is 0 Å². The van der Waals surface area contributed by atoms with Gasteiger partial charge < -0.3 is 0 Å². The third-order valence-corrected chi connectivity index (χ3v) is 4.58. The lowest BCUT2D eigenvalue weighted by atomic mass is 10.1. The molecule has 0 unspecified atom stereocenters. The van der Waals surface area contributed by atoms with Crippen LogP contribution < -0.4 is 0 Å². The summed E-state index contributed by atoms with van der Waals surface area (Å²) in [5.74, 6) is -0.751. The molecule has 1 aromatic heterocycles. The van der Waals surface area contributed by atoms with Gasteiger partial charge in [-0.05, 0) is 23.9 Å². The van der Waals surface area contributed by atoms with Gasteiger partial charge in [-0.1, -0.05) is 47.5 Å². The van der Waals surface area contributed by atoms with Gasteiger partial charge in [-0.3, -0.25) is 14.5 Å². The second-order valence-corrected chi connectivity index (χ2v) is 6.17. The van der Waals surface area contributed by atoms with Crippen molar-refractivity contribution in [3.63, 3.8) is 0 Å². The molecular weight excluding hydrogens is 306 g/mol. The molecule has 1 aromatic carbocycles. The van der Waals surface area contributed by atoms with Crippen LogP contribution >= 0.6 is 22.9 Å². The Balaban J connectivity index is 1.88. The molecular formula is C16H12ClNO2S. The summed E-state index contributed by atoms with van der Waals surface area (Å²) in [6, 6.07) is 11.4. The highest BCUT2D eigenvalue weighted by Crippen LogP contribution is 2.34. The van der Waals surface area contributed by atoms with Gasteiger partial charge in [0.2, 0.25) is 0 Å². The van der Waals surface area contributed by atoms with Gasteiger partial charge in [0.05, 0.1) is 12.1 Å². The lowest BCUT2D eigenvalue weighted by Crippen LogP contribution is -2.30. The van der Waals surface area contributed by atoms with Crippen LogP contribution in [0, 0.1) is 6.92 Å². The van der Waals surface area contributed by atoms with Crippen LogP contribution in [0.1, 0.15) is 16.0 Å². The molecule has 0 atom stereocenters. The molecule has 2 heterocycles. The summed E-state index contributed by atoms with van der Waals surface area (Å²) in [4.78, 5) is 26.6. The Morgan fingerprint density at radius 3 is 2.43 bits per heavy atom. The molecule has 2 aromatic rings. The lowest BCUT2D eigenvalue weighted by Gasteiger charge is -2.14. The number of carbonyl (C=O) groups excluding carboxylic acids is 2. The Bertz CT molecular complexity index is 732. The highest BCUT2D eigenvalue weighted by atomic mass is 35.5. The van der Waals surface area contributed by atoms with Gasteiger partial charge in [0.25, 0.3) is 11.8 Å². The lowest BCUT2D eigenvalue weighted by molar-refractivity contribution is -0.137. The molecule has 0 saturated heterocycles. The van der Waals surface area contributed by atoms with E-state index in [4.69, 9.17) is 11.6 Å². The van der Waals surface area contributed by atoms with E-state index < -0.39 is 5.91 Å². The minimum atomic E-state index is -0.425. The number of aryl methyl sites for hydroxylation is 1. The van der Waals surface area contributed by atoms with Gasteiger partial charge in [0, 0.05) is 4.88 Å². The number of amides is 2. The maximum atomic E-state index is 12.5. The van der Waals surface area contributed by atoms with Gasteiger partial charge in [-0.2, -0.15) is 0 Å². The number of carbonyl (C=O) groups is 2. The standard InChI is InChI=1S/C16H12ClNO2S/c1-10-4-6-11(7-5-10)9-18-15(19)13(14(17)16(18)20)12-3-2-8-21-12/h2-8H,9H2,1H3. The first-order chi connectivity index (χ1) is 10.1. The molecule has 0 bridgehead atoms. The average Bonchev–Trinajstić information content (AvgIpc) is 3.05. The molecule has 0 N–H and O–H groups in total. The minimum Gasteiger partial charge on any atom is -0.269 e. The number of imide groups is 1. The molecule has 3 nitrogen and oxygen atoms in total. The quantitative estimate of drug-likeness (QED) is 0.811. The molecule has 1 aliphatic heterocycles. The number of nitrogens with zero attached hydrogens (tertiary/aromatic N) is 1. The number of hydrogen-bond donors (Lipinski definition) is 0. The van der Waals surface area contributed by atoms with Crippen LogP contribution in [0.4, 0.5) is 0 Å². The third-order valence-electron chi connectivity index (χ3n) is 3.34. The predicted molar refractivity (Wildman–Crippen MR) is 83.8 cm³/mol. The van der Waals surface area contributed by atoms with E-state index >= 15 is 0 Å². The summed E-state index contributed by atoms with van der Waals surface area (Å²) >= 11 is 7.47. The third kappa shape index (κ3) is 2.52. The van der Waals surface area contributed by atoms with Crippen LogP contribution in [-0.4, -0.2) is 16.7 Å². The fourth-order valence-corrected chi connectivity index (χ4v) is 3.31. The molecule has 0 radical (unpaired) electrons. The Hall–Kier alpha value is -1.91. The fourth-order valence-electron chi connectivity index (χ4n) is 2.20. The van der Waals surface area contributed by atoms with Crippen LogP contribution in [0.5, 0.6) is 0 Å². The van der Waals surface area contributed by atoms with Crippen LogP contribution in [0.25, 0.3) is 5.57 Å². The Kier molecular flexibility index (Phi) is 3.66.